The van der Waals surface area contributed by atoms with Crippen LogP contribution in [0.3, 0.4) is 0 Å². The Bertz CT molecular complexity index is 1140. The molecule has 0 saturated carbocycles. The van der Waals surface area contributed by atoms with E-state index >= 15 is 0 Å². The van der Waals surface area contributed by atoms with Crippen LogP contribution in [0, 0.1) is 13.8 Å². The molecule has 1 saturated heterocycles. The second-order valence-corrected chi connectivity index (χ2v) is 8.79. The van der Waals surface area contributed by atoms with E-state index in [0.29, 0.717) is 19.4 Å². The van der Waals surface area contributed by atoms with Crippen molar-refractivity contribution in [1.29, 1.82) is 0 Å². The molecule has 8 heteroatoms. The van der Waals surface area contributed by atoms with Crippen LogP contribution in [-0.2, 0) is 0 Å². The maximum atomic E-state index is 13.2. The molecular formula is C25H27F3N2O3. The highest BCUT2D eigenvalue weighted by Crippen LogP contribution is 2.37. The van der Waals surface area contributed by atoms with Crippen molar-refractivity contribution < 1.29 is 27.8 Å². The number of likely N-dealkylation sites (tertiary alicyclic amines) is 1. The SMILES string of the molecule is Cc1cc(C)c2[nH]ccc2c1O[C@@H]1CCCN(CC(F)(F)F)C[C@H]1c1ccc(C(=O)O)cc1. The summed E-state index contributed by atoms with van der Waals surface area (Å²) < 4.78 is 46.1. The molecule has 1 aliphatic rings. The van der Waals surface area contributed by atoms with Crippen molar-refractivity contribution in [3.63, 3.8) is 0 Å². The topological polar surface area (TPSA) is 65.6 Å². The molecule has 0 amide bonds. The minimum atomic E-state index is -4.29. The van der Waals surface area contributed by atoms with Gasteiger partial charge in [-0.2, -0.15) is 13.2 Å². The molecule has 0 radical (unpaired) electrons. The number of carboxylic acid groups (broad SMARTS) is 1. The number of nitrogens with zero attached hydrogens (tertiary/aromatic N) is 1. The van der Waals surface area contributed by atoms with E-state index < -0.39 is 18.7 Å². The van der Waals surface area contributed by atoms with E-state index in [-0.39, 0.29) is 24.1 Å². The van der Waals surface area contributed by atoms with Crippen LogP contribution in [-0.4, -0.2) is 52.9 Å². The molecule has 1 fully saturated rings. The van der Waals surface area contributed by atoms with Crippen molar-refractivity contribution in [1.82, 2.24) is 9.88 Å². The number of fused-ring (bicyclic) bond motifs is 1. The van der Waals surface area contributed by atoms with Crippen molar-refractivity contribution in [2.45, 2.75) is 44.9 Å². The van der Waals surface area contributed by atoms with Crippen LogP contribution >= 0.6 is 0 Å². The van der Waals surface area contributed by atoms with Gasteiger partial charge in [-0.1, -0.05) is 18.2 Å². The van der Waals surface area contributed by atoms with Gasteiger partial charge in [0.2, 0.25) is 0 Å². The lowest BCUT2D eigenvalue weighted by Gasteiger charge is -2.30. The maximum absolute atomic E-state index is 13.2. The second kappa shape index (κ2) is 9.09. The fourth-order valence-electron chi connectivity index (χ4n) is 4.80. The number of rotatable bonds is 5. The van der Waals surface area contributed by atoms with E-state index in [1.54, 1.807) is 12.1 Å². The minimum absolute atomic E-state index is 0.139. The molecule has 176 valence electrons. The fourth-order valence-corrected chi connectivity index (χ4v) is 4.80. The lowest BCUT2D eigenvalue weighted by atomic mass is 9.90. The zero-order valence-corrected chi connectivity index (χ0v) is 18.6. The van der Waals surface area contributed by atoms with Gasteiger partial charge in [-0.25, -0.2) is 4.79 Å². The summed E-state index contributed by atoms with van der Waals surface area (Å²) in [5.41, 5.74) is 3.95. The van der Waals surface area contributed by atoms with E-state index in [2.05, 4.69) is 4.98 Å². The summed E-state index contributed by atoms with van der Waals surface area (Å²) in [5.74, 6) is -0.648. The van der Waals surface area contributed by atoms with Crippen molar-refractivity contribution in [3.05, 3.63) is 64.8 Å². The molecule has 0 unspecified atom stereocenters. The number of H-pyrrole nitrogens is 1. The molecule has 1 aromatic heterocycles. The maximum Gasteiger partial charge on any atom is 0.401 e. The summed E-state index contributed by atoms with van der Waals surface area (Å²) >= 11 is 0. The number of aromatic carboxylic acids is 1. The molecule has 3 aromatic rings. The van der Waals surface area contributed by atoms with Crippen molar-refractivity contribution >= 4 is 16.9 Å². The first kappa shape index (κ1) is 23.2. The van der Waals surface area contributed by atoms with Gasteiger partial charge >= 0.3 is 12.1 Å². The Morgan fingerprint density at radius 2 is 1.91 bits per heavy atom. The zero-order valence-electron chi connectivity index (χ0n) is 18.6. The van der Waals surface area contributed by atoms with E-state index in [1.165, 1.54) is 17.0 Å². The Hall–Kier alpha value is -3.00. The van der Waals surface area contributed by atoms with Crippen LogP contribution < -0.4 is 4.74 Å². The Morgan fingerprint density at radius 3 is 2.58 bits per heavy atom. The van der Waals surface area contributed by atoms with Crippen molar-refractivity contribution in [2.24, 2.45) is 0 Å². The molecule has 2 heterocycles. The molecule has 2 N–H and O–H groups in total. The molecular weight excluding hydrogens is 433 g/mol. The molecule has 5 nitrogen and oxygen atoms in total. The number of aromatic nitrogens is 1. The van der Waals surface area contributed by atoms with E-state index in [1.807, 2.05) is 32.2 Å². The number of carbonyl (C=O) groups is 1. The first-order valence-corrected chi connectivity index (χ1v) is 11.0. The summed E-state index contributed by atoms with van der Waals surface area (Å²) in [4.78, 5) is 15.9. The lowest BCUT2D eigenvalue weighted by Crippen LogP contribution is -2.38. The number of alkyl halides is 3. The minimum Gasteiger partial charge on any atom is -0.489 e. The number of hydrogen-bond acceptors (Lipinski definition) is 3. The van der Waals surface area contributed by atoms with Gasteiger partial charge in [-0.15, -0.1) is 0 Å². The van der Waals surface area contributed by atoms with Gasteiger partial charge in [0.1, 0.15) is 11.9 Å². The third-order valence-electron chi connectivity index (χ3n) is 6.30. The van der Waals surface area contributed by atoms with Crippen LogP contribution in [0.15, 0.2) is 42.6 Å². The average Bonchev–Trinajstić information content (AvgIpc) is 3.15. The zero-order chi connectivity index (χ0) is 23.8. The first-order chi connectivity index (χ1) is 15.6. The number of aromatic amines is 1. The fraction of sp³-hybridized carbons (Fsp3) is 0.400. The largest absolute Gasteiger partial charge is 0.489 e. The smallest absolute Gasteiger partial charge is 0.401 e. The van der Waals surface area contributed by atoms with Crippen LogP contribution in [0.4, 0.5) is 13.2 Å². The lowest BCUT2D eigenvalue weighted by molar-refractivity contribution is -0.146. The molecule has 1 aliphatic heterocycles. The van der Waals surface area contributed by atoms with Gasteiger partial charge in [0.05, 0.1) is 17.6 Å². The highest BCUT2D eigenvalue weighted by molar-refractivity contribution is 5.90. The second-order valence-electron chi connectivity index (χ2n) is 8.79. The summed E-state index contributed by atoms with van der Waals surface area (Å²) in [6.07, 6.45) is -1.61. The standard InChI is InChI=1S/C25H27F3N2O3/c1-15-12-16(2)23(19-9-10-29-22(15)19)33-21-4-3-11-30(14-25(26,27)28)13-20(21)17-5-7-18(8-6-17)24(31)32/h5-10,12,20-21,29H,3-4,11,13-14H2,1-2H3,(H,31,32)/t20-,21+/m0/s1. The molecule has 33 heavy (non-hydrogen) atoms. The van der Waals surface area contributed by atoms with E-state index in [9.17, 15) is 23.1 Å². The molecule has 4 rings (SSSR count). The summed E-state index contributed by atoms with van der Waals surface area (Å²) in [6, 6.07) is 10.4. The third kappa shape index (κ3) is 5.16. The van der Waals surface area contributed by atoms with Gasteiger partial charge in [-0.05, 0) is 68.1 Å². The van der Waals surface area contributed by atoms with Gasteiger partial charge in [0.25, 0.3) is 0 Å². The van der Waals surface area contributed by atoms with Gasteiger partial charge in [-0.3, -0.25) is 4.90 Å². The number of carboxylic acids is 1. The Labute approximate surface area is 190 Å². The molecule has 0 bridgehead atoms. The van der Waals surface area contributed by atoms with Crippen LogP contribution in [0.5, 0.6) is 5.75 Å². The predicted molar refractivity (Wildman–Crippen MR) is 120 cm³/mol. The summed E-state index contributed by atoms with van der Waals surface area (Å²) in [7, 11) is 0. The van der Waals surface area contributed by atoms with Gasteiger partial charge in [0.15, 0.2) is 0 Å². The van der Waals surface area contributed by atoms with Crippen LogP contribution in [0.25, 0.3) is 10.9 Å². The molecule has 2 aromatic carbocycles. The van der Waals surface area contributed by atoms with Gasteiger partial charge < -0.3 is 14.8 Å². The Morgan fingerprint density at radius 1 is 1.18 bits per heavy atom. The normalized spacial score (nSPS) is 20.0. The monoisotopic (exact) mass is 460 g/mol. The highest BCUT2D eigenvalue weighted by Gasteiger charge is 2.36. The molecule has 2 atom stereocenters. The third-order valence-corrected chi connectivity index (χ3v) is 6.30. The number of hydrogen-bond donors (Lipinski definition) is 2. The number of halogens is 3. The molecule has 0 aliphatic carbocycles. The van der Waals surface area contributed by atoms with E-state index in [4.69, 9.17) is 4.74 Å². The van der Waals surface area contributed by atoms with Crippen molar-refractivity contribution in [2.75, 3.05) is 19.6 Å². The van der Waals surface area contributed by atoms with Crippen molar-refractivity contribution in [3.8, 4) is 5.75 Å². The predicted octanol–water partition coefficient (Wildman–Crippen LogP) is 5.67. The molecule has 0 spiro atoms. The quantitative estimate of drug-likeness (QED) is 0.515. The average molecular weight is 460 g/mol. The Kier molecular flexibility index (Phi) is 6.38. The number of ether oxygens (including phenoxy) is 1. The summed E-state index contributed by atoms with van der Waals surface area (Å²) in [5, 5.41) is 10.2. The van der Waals surface area contributed by atoms with Crippen LogP contribution in [0.1, 0.15) is 45.8 Å². The van der Waals surface area contributed by atoms with E-state index in [0.717, 1.165) is 33.3 Å². The highest BCUT2D eigenvalue weighted by atomic mass is 19.4. The van der Waals surface area contributed by atoms with Crippen LogP contribution in [0.2, 0.25) is 0 Å². The number of nitrogens with one attached hydrogen (secondary N) is 1. The Balaban J connectivity index is 1.70. The van der Waals surface area contributed by atoms with Gasteiger partial charge in [0, 0.05) is 24.0 Å². The first-order valence-electron chi connectivity index (χ1n) is 11.0. The summed E-state index contributed by atoms with van der Waals surface area (Å²) in [6.45, 7) is 3.52. The number of benzene rings is 2. The number of aryl methyl sites for hydroxylation is 2.